The summed E-state index contributed by atoms with van der Waals surface area (Å²) in [6.07, 6.45) is 6.23. The monoisotopic (exact) mass is 319 g/mol. The van der Waals surface area contributed by atoms with Crippen LogP contribution in [0.3, 0.4) is 0 Å². The fourth-order valence-corrected chi connectivity index (χ4v) is 2.66. The first kappa shape index (κ1) is 17.2. The summed E-state index contributed by atoms with van der Waals surface area (Å²) in [7, 11) is 0. The summed E-state index contributed by atoms with van der Waals surface area (Å²) in [4.78, 5) is 20.1. The largest absolute Gasteiger partial charge is 0.393 e. The molecule has 0 atom stereocenters. The molecule has 1 saturated carbocycles. The lowest BCUT2D eigenvalue weighted by atomic mass is 9.93. The molecule has 1 heterocycles. The van der Waals surface area contributed by atoms with Crippen molar-refractivity contribution in [3.63, 3.8) is 0 Å². The summed E-state index contributed by atoms with van der Waals surface area (Å²) in [6.45, 7) is 5.97. The molecule has 0 radical (unpaired) electrons. The summed E-state index contributed by atoms with van der Waals surface area (Å²) >= 11 is 0. The highest BCUT2D eigenvalue weighted by Gasteiger charge is 2.20. The molecule has 1 amide bonds. The molecule has 0 bridgehead atoms. The first-order valence-electron chi connectivity index (χ1n) is 8.05. The molecule has 1 aromatic rings. The number of carbonyl (C=O) groups is 1. The minimum atomic E-state index is -0.580. The predicted molar refractivity (Wildman–Crippen MR) is 90.1 cm³/mol. The van der Waals surface area contributed by atoms with Gasteiger partial charge >= 0.3 is 0 Å². The van der Waals surface area contributed by atoms with Crippen LogP contribution < -0.4 is 16.4 Å². The van der Waals surface area contributed by atoms with Crippen molar-refractivity contribution in [3.05, 3.63) is 24.0 Å². The molecule has 1 aliphatic carbocycles. The lowest BCUT2D eigenvalue weighted by Gasteiger charge is -2.26. The summed E-state index contributed by atoms with van der Waals surface area (Å²) in [5, 5.41) is 15.9. The molecular weight excluding hydrogens is 294 g/mol. The Morgan fingerprint density at radius 1 is 1.43 bits per heavy atom. The van der Waals surface area contributed by atoms with Crippen LogP contribution in [0.4, 0.5) is 11.8 Å². The van der Waals surface area contributed by atoms with Gasteiger partial charge in [0.05, 0.1) is 6.10 Å². The van der Waals surface area contributed by atoms with Crippen LogP contribution in [-0.2, 0) is 0 Å². The third-order valence-electron chi connectivity index (χ3n) is 3.93. The van der Waals surface area contributed by atoms with Gasteiger partial charge in [0.1, 0.15) is 11.4 Å². The van der Waals surface area contributed by atoms with Crippen molar-refractivity contribution in [2.75, 3.05) is 10.6 Å². The molecule has 23 heavy (non-hydrogen) atoms. The SMILES string of the molecule is C=C(CCC)Nc1nc(NC2CCC(O)CC2)ncc1C(N)=O. The number of aliphatic hydroxyl groups is 1. The number of aromatic nitrogens is 2. The van der Waals surface area contributed by atoms with Crippen molar-refractivity contribution < 1.29 is 9.90 Å². The third kappa shape index (κ3) is 4.92. The molecule has 7 heteroatoms. The van der Waals surface area contributed by atoms with Crippen molar-refractivity contribution in [2.45, 2.75) is 57.6 Å². The van der Waals surface area contributed by atoms with Crippen LogP contribution in [0.25, 0.3) is 0 Å². The van der Waals surface area contributed by atoms with Crippen LogP contribution in [0.2, 0.25) is 0 Å². The number of rotatable bonds is 7. The van der Waals surface area contributed by atoms with Crippen LogP contribution in [0.5, 0.6) is 0 Å². The maximum Gasteiger partial charge on any atom is 0.254 e. The zero-order valence-corrected chi connectivity index (χ0v) is 13.5. The van der Waals surface area contributed by atoms with Crippen LogP contribution in [0.1, 0.15) is 55.8 Å². The van der Waals surface area contributed by atoms with Gasteiger partial charge in [-0.1, -0.05) is 19.9 Å². The predicted octanol–water partition coefficient (Wildman–Crippen LogP) is 2.02. The molecule has 5 N–H and O–H groups in total. The van der Waals surface area contributed by atoms with E-state index in [1.54, 1.807) is 0 Å². The van der Waals surface area contributed by atoms with E-state index in [0.29, 0.717) is 11.8 Å². The smallest absolute Gasteiger partial charge is 0.254 e. The number of nitrogens with zero attached hydrogens (tertiary/aromatic N) is 2. The first-order chi connectivity index (χ1) is 11.0. The van der Waals surface area contributed by atoms with E-state index in [9.17, 15) is 9.90 Å². The van der Waals surface area contributed by atoms with E-state index in [-0.39, 0.29) is 17.7 Å². The minimum Gasteiger partial charge on any atom is -0.393 e. The fraction of sp³-hybridized carbons (Fsp3) is 0.562. The topological polar surface area (TPSA) is 113 Å². The molecule has 1 aliphatic rings. The third-order valence-corrected chi connectivity index (χ3v) is 3.93. The molecule has 0 aliphatic heterocycles. The molecule has 1 aromatic heterocycles. The van der Waals surface area contributed by atoms with Crippen molar-refractivity contribution in [2.24, 2.45) is 5.73 Å². The van der Waals surface area contributed by atoms with Gasteiger partial charge in [-0.3, -0.25) is 4.79 Å². The summed E-state index contributed by atoms with van der Waals surface area (Å²) in [5.41, 5.74) is 6.40. The second-order valence-corrected chi connectivity index (χ2v) is 5.95. The Kier molecular flexibility index (Phi) is 5.92. The van der Waals surface area contributed by atoms with E-state index in [0.717, 1.165) is 44.2 Å². The Hall–Kier alpha value is -2.15. The van der Waals surface area contributed by atoms with Gasteiger partial charge in [0, 0.05) is 17.9 Å². The lowest BCUT2D eigenvalue weighted by molar-refractivity contribution is 0.100. The Morgan fingerprint density at radius 3 is 2.74 bits per heavy atom. The summed E-state index contributed by atoms with van der Waals surface area (Å²) in [5.74, 6) is 0.247. The molecule has 0 unspecified atom stereocenters. The maximum absolute atomic E-state index is 11.5. The number of nitrogens with one attached hydrogen (secondary N) is 2. The van der Waals surface area contributed by atoms with Gasteiger partial charge in [0.15, 0.2) is 0 Å². The highest BCUT2D eigenvalue weighted by Crippen LogP contribution is 2.22. The van der Waals surface area contributed by atoms with E-state index in [2.05, 4.69) is 27.2 Å². The zero-order valence-electron chi connectivity index (χ0n) is 13.5. The number of carbonyl (C=O) groups excluding carboxylic acids is 1. The van der Waals surface area contributed by atoms with Gasteiger partial charge < -0.3 is 21.5 Å². The number of allylic oxidation sites excluding steroid dienone is 1. The molecule has 7 nitrogen and oxygen atoms in total. The van der Waals surface area contributed by atoms with Gasteiger partial charge in [-0.05, 0) is 32.1 Å². The number of primary amides is 1. The Bertz CT molecular complexity index is 568. The highest BCUT2D eigenvalue weighted by molar-refractivity contribution is 5.97. The van der Waals surface area contributed by atoms with Gasteiger partial charge in [-0.15, -0.1) is 0 Å². The molecule has 2 rings (SSSR count). The van der Waals surface area contributed by atoms with E-state index < -0.39 is 5.91 Å². The molecular formula is C16H25N5O2. The molecule has 1 fully saturated rings. The average Bonchev–Trinajstić information content (AvgIpc) is 2.50. The quantitative estimate of drug-likeness (QED) is 0.611. The molecule has 0 saturated heterocycles. The van der Waals surface area contributed by atoms with Gasteiger partial charge in [-0.2, -0.15) is 4.98 Å². The second-order valence-electron chi connectivity index (χ2n) is 5.95. The Morgan fingerprint density at radius 2 is 2.13 bits per heavy atom. The summed E-state index contributed by atoms with van der Waals surface area (Å²) < 4.78 is 0. The number of hydrogen-bond acceptors (Lipinski definition) is 6. The van der Waals surface area contributed by atoms with Crippen LogP contribution >= 0.6 is 0 Å². The van der Waals surface area contributed by atoms with Gasteiger partial charge in [0.2, 0.25) is 5.95 Å². The van der Waals surface area contributed by atoms with Crippen LogP contribution in [-0.4, -0.2) is 33.1 Å². The molecule has 0 aromatic carbocycles. The van der Waals surface area contributed by atoms with Crippen LogP contribution in [0, 0.1) is 0 Å². The zero-order chi connectivity index (χ0) is 16.8. The van der Waals surface area contributed by atoms with E-state index >= 15 is 0 Å². The minimum absolute atomic E-state index is 0.208. The second kappa shape index (κ2) is 7.92. The average molecular weight is 319 g/mol. The van der Waals surface area contributed by atoms with Crippen molar-refractivity contribution >= 4 is 17.7 Å². The van der Waals surface area contributed by atoms with Gasteiger partial charge in [-0.25, -0.2) is 4.98 Å². The number of nitrogens with two attached hydrogens (primary N) is 1. The van der Waals surface area contributed by atoms with E-state index in [1.807, 2.05) is 6.92 Å². The fourth-order valence-electron chi connectivity index (χ4n) is 2.66. The summed E-state index contributed by atoms with van der Waals surface area (Å²) in [6, 6.07) is 0.226. The van der Waals surface area contributed by atoms with Crippen molar-refractivity contribution in [1.29, 1.82) is 0 Å². The number of hydrogen-bond donors (Lipinski definition) is 4. The van der Waals surface area contributed by atoms with E-state index in [1.165, 1.54) is 6.20 Å². The normalized spacial score (nSPS) is 20.8. The Labute approximate surface area is 136 Å². The van der Waals surface area contributed by atoms with Crippen LogP contribution in [0.15, 0.2) is 18.5 Å². The number of amides is 1. The maximum atomic E-state index is 11.5. The Balaban J connectivity index is 2.11. The molecule has 126 valence electrons. The lowest BCUT2D eigenvalue weighted by Crippen LogP contribution is -2.29. The van der Waals surface area contributed by atoms with Crippen molar-refractivity contribution in [1.82, 2.24) is 9.97 Å². The van der Waals surface area contributed by atoms with Gasteiger partial charge in [0.25, 0.3) is 5.91 Å². The molecule has 0 spiro atoms. The van der Waals surface area contributed by atoms with Crippen molar-refractivity contribution in [3.8, 4) is 0 Å². The standard InChI is InChI=1S/C16H25N5O2/c1-3-4-10(2)19-15-13(14(17)23)9-18-16(21-15)20-11-5-7-12(22)8-6-11/h9,11-12,22H,2-8H2,1H3,(H2,17,23)(H2,18,19,20,21). The van der Waals surface area contributed by atoms with E-state index in [4.69, 9.17) is 5.73 Å². The first-order valence-corrected chi connectivity index (χ1v) is 8.05. The number of anilines is 2. The highest BCUT2D eigenvalue weighted by atomic mass is 16.3. The number of aliphatic hydroxyl groups excluding tert-OH is 1.